The third kappa shape index (κ3) is 4.23. The number of nitrogens with zero attached hydrogens (tertiary/aromatic N) is 3. The van der Waals surface area contributed by atoms with Crippen LogP contribution in [0.15, 0.2) is 24.3 Å². The lowest BCUT2D eigenvalue weighted by Crippen LogP contribution is -2.54. The van der Waals surface area contributed by atoms with Gasteiger partial charge in [-0.2, -0.15) is 0 Å². The number of piperazine rings is 1. The van der Waals surface area contributed by atoms with Gasteiger partial charge in [0.25, 0.3) is 0 Å². The number of carboxylic acids is 1. The number of hydrogen-bond donors (Lipinski definition) is 3. The lowest BCUT2D eigenvalue weighted by Gasteiger charge is -2.33. The van der Waals surface area contributed by atoms with Crippen LogP contribution in [0.2, 0.25) is 0 Å². The number of carbonyl (C=O) groups is 1. The van der Waals surface area contributed by atoms with Crippen LogP contribution in [0.5, 0.6) is 0 Å². The lowest BCUT2D eigenvalue weighted by atomic mass is 10.2. The molecule has 7 nitrogen and oxygen atoms in total. The summed E-state index contributed by atoms with van der Waals surface area (Å²) in [5.41, 5.74) is 1.68. The van der Waals surface area contributed by atoms with Crippen LogP contribution < -0.4 is 15.5 Å². The number of aromatic nitrogens is 2. The molecular weight excluding hydrogens is 365 g/mol. The number of carboxylic acid groups (broad SMARTS) is 1. The molecule has 3 N–H and O–H groups in total. The SMILES string of the molecule is Cl.Cl.O=C(O)C1CN(c2nc3ccccc3nc2NC2CC2)CCN1. The summed E-state index contributed by atoms with van der Waals surface area (Å²) in [6.45, 7) is 1.73. The molecule has 2 heterocycles. The second-order valence-electron chi connectivity index (χ2n) is 6.09. The summed E-state index contributed by atoms with van der Waals surface area (Å²) >= 11 is 0. The average Bonchev–Trinajstić information content (AvgIpc) is 3.38. The molecule has 136 valence electrons. The van der Waals surface area contributed by atoms with Gasteiger partial charge in [0.1, 0.15) is 6.04 Å². The first-order chi connectivity index (χ1) is 11.2. The van der Waals surface area contributed by atoms with Gasteiger partial charge in [0, 0.05) is 25.7 Å². The molecule has 2 aliphatic rings. The molecular formula is C16H21Cl2N5O2. The van der Waals surface area contributed by atoms with E-state index in [0.717, 1.165) is 42.1 Å². The van der Waals surface area contributed by atoms with E-state index in [4.69, 9.17) is 9.97 Å². The summed E-state index contributed by atoms with van der Waals surface area (Å²) in [5, 5.41) is 15.7. The Kier molecular flexibility index (Phi) is 6.26. The third-order valence-corrected chi connectivity index (χ3v) is 4.24. The van der Waals surface area contributed by atoms with E-state index in [1.54, 1.807) is 0 Å². The second-order valence-corrected chi connectivity index (χ2v) is 6.09. The van der Waals surface area contributed by atoms with Gasteiger partial charge < -0.3 is 20.6 Å². The van der Waals surface area contributed by atoms with Gasteiger partial charge in [0.2, 0.25) is 0 Å². The Labute approximate surface area is 158 Å². The van der Waals surface area contributed by atoms with Crippen molar-refractivity contribution in [3.63, 3.8) is 0 Å². The molecule has 25 heavy (non-hydrogen) atoms. The topological polar surface area (TPSA) is 90.4 Å². The van der Waals surface area contributed by atoms with E-state index in [9.17, 15) is 9.90 Å². The molecule has 1 aliphatic carbocycles. The molecule has 4 rings (SSSR count). The number of benzene rings is 1. The van der Waals surface area contributed by atoms with Crippen LogP contribution in [-0.2, 0) is 4.79 Å². The molecule has 1 aliphatic heterocycles. The molecule has 9 heteroatoms. The van der Waals surface area contributed by atoms with Gasteiger partial charge in [-0.15, -0.1) is 24.8 Å². The van der Waals surface area contributed by atoms with E-state index in [-0.39, 0.29) is 24.8 Å². The van der Waals surface area contributed by atoms with Crippen molar-refractivity contribution in [2.45, 2.75) is 24.9 Å². The Hall–Kier alpha value is -1.83. The fourth-order valence-corrected chi connectivity index (χ4v) is 2.84. The van der Waals surface area contributed by atoms with Crippen LogP contribution >= 0.6 is 24.8 Å². The molecule has 1 saturated carbocycles. The van der Waals surface area contributed by atoms with Gasteiger partial charge in [-0.25, -0.2) is 9.97 Å². The highest BCUT2D eigenvalue weighted by Gasteiger charge is 2.29. The molecule has 1 unspecified atom stereocenters. The van der Waals surface area contributed by atoms with Crippen LogP contribution in [0.3, 0.4) is 0 Å². The number of nitrogens with one attached hydrogen (secondary N) is 2. The van der Waals surface area contributed by atoms with Gasteiger partial charge in [-0.1, -0.05) is 12.1 Å². The molecule has 2 aromatic rings. The molecule has 1 atom stereocenters. The first kappa shape index (κ1) is 19.5. The van der Waals surface area contributed by atoms with Gasteiger partial charge >= 0.3 is 5.97 Å². The van der Waals surface area contributed by atoms with Crippen molar-refractivity contribution >= 4 is 53.5 Å². The predicted molar refractivity (Wildman–Crippen MR) is 102 cm³/mol. The number of rotatable bonds is 4. The summed E-state index contributed by atoms with van der Waals surface area (Å²) in [6, 6.07) is 7.65. The highest BCUT2D eigenvalue weighted by Crippen LogP contribution is 2.31. The van der Waals surface area contributed by atoms with Crippen molar-refractivity contribution in [2.75, 3.05) is 29.9 Å². The summed E-state index contributed by atoms with van der Waals surface area (Å²) in [5.74, 6) is 0.681. The Balaban J connectivity index is 0.00000113. The Morgan fingerprint density at radius 2 is 1.88 bits per heavy atom. The van der Waals surface area contributed by atoms with Gasteiger partial charge in [-0.3, -0.25) is 4.79 Å². The van der Waals surface area contributed by atoms with Gasteiger partial charge in [-0.05, 0) is 25.0 Å². The highest BCUT2D eigenvalue weighted by molar-refractivity contribution is 5.85. The van der Waals surface area contributed by atoms with Crippen LogP contribution in [0.4, 0.5) is 11.6 Å². The first-order valence-corrected chi connectivity index (χ1v) is 7.95. The standard InChI is InChI=1S/C16H19N5O2.2ClH/c22-16(23)13-9-21(8-7-17-13)15-14(18-10-5-6-10)19-11-3-1-2-4-12(11)20-15;;/h1-4,10,13,17H,5-9H2,(H,18,19)(H,22,23);2*1H. The highest BCUT2D eigenvalue weighted by atomic mass is 35.5. The van der Waals surface area contributed by atoms with E-state index < -0.39 is 12.0 Å². The minimum atomic E-state index is -0.833. The molecule has 1 aromatic carbocycles. The predicted octanol–water partition coefficient (Wildman–Crippen LogP) is 1.91. The largest absolute Gasteiger partial charge is 0.480 e. The monoisotopic (exact) mass is 385 g/mol. The van der Waals surface area contributed by atoms with E-state index in [1.165, 1.54) is 0 Å². The van der Waals surface area contributed by atoms with Crippen molar-refractivity contribution in [1.29, 1.82) is 0 Å². The van der Waals surface area contributed by atoms with Crippen molar-refractivity contribution in [3.05, 3.63) is 24.3 Å². The molecule has 0 spiro atoms. The Morgan fingerprint density at radius 1 is 1.20 bits per heavy atom. The van der Waals surface area contributed by atoms with Crippen LogP contribution in [-0.4, -0.2) is 52.8 Å². The quantitative estimate of drug-likeness (QED) is 0.740. The summed E-state index contributed by atoms with van der Waals surface area (Å²) in [7, 11) is 0. The fraction of sp³-hybridized carbons (Fsp3) is 0.438. The fourth-order valence-electron chi connectivity index (χ4n) is 2.84. The van der Waals surface area contributed by atoms with Crippen LogP contribution in [0, 0.1) is 0 Å². The summed E-state index contributed by atoms with van der Waals surface area (Å²) in [4.78, 5) is 22.8. The maximum absolute atomic E-state index is 11.3. The first-order valence-electron chi connectivity index (χ1n) is 7.95. The Bertz CT molecular complexity index is 756. The number of anilines is 2. The number of para-hydroxylation sites is 2. The minimum absolute atomic E-state index is 0. The molecule has 1 saturated heterocycles. The van der Waals surface area contributed by atoms with E-state index in [1.807, 2.05) is 29.2 Å². The lowest BCUT2D eigenvalue weighted by molar-refractivity contribution is -0.139. The molecule has 1 aromatic heterocycles. The van der Waals surface area contributed by atoms with Gasteiger partial charge in [0.15, 0.2) is 11.6 Å². The molecule has 0 bridgehead atoms. The Morgan fingerprint density at radius 3 is 2.52 bits per heavy atom. The normalized spacial score (nSPS) is 19.7. The smallest absolute Gasteiger partial charge is 0.322 e. The molecule has 0 amide bonds. The van der Waals surface area contributed by atoms with Crippen molar-refractivity contribution in [3.8, 4) is 0 Å². The maximum atomic E-state index is 11.3. The zero-order chi connectivity index (χ0) is 15.8. The minimum Gasteiger partial charge on any atom is -0.480 e. The third-order valence-electron chi connectivity index (χ3n) is 4.24. The maximum Gasteiger partial charge on any atom is 0.322 e. The number of fused-ring (bicyclic) bond motifs is 1. The molecule has 2 fully saturated rings. The number of aliphatic carboxylic acids is 1. The second kappa shape index (κ2) is 8.03. The van der Waals surface area contributed by atoms with Crippen LogP contribution in [0.25, 0.3) is 11.0 Å². The zero-order valence-corrected chi connectivity index (χ0v) is 15.1. The van der Waals surface area contributed by atoms with E-state index in [2.05, 4.69) is 10.6 Å². The van der Waals surface area contributed by atoms with E-state index >= 15 is 0 Å². The van der Waals surface area contributed by atoms with E-state index in [0.29, 0.717) is 19.1 Å². The zero-order valence-electron chi connectivity index (χ0n) is 13.5. The molecule has 0 radical (unpaired) electrons. The van der Waals surface area contributed by atoms with Crippen molar-refractivity contribution in [1.82, 2.24) is 15.3 Å². The van der Waals surface area contributed by atoms with Gasteiger partial charge in [0.05, 0.1) is 11.0 Å². The average molecular weight is 386 g/mol. The van der Waals surface area contributed by atoms with Crippen molar-refractivity contribution in [2.24, 2.45) is 0 Å². The number of halogens is 2. The summed E-state index contributed by atoms with van der Waals surface area (Å²) in [6.07, 6.45) is 2.29. The van der Waals surface area contributed by atoms with Crippen molar-refractivity contribution < 1.29 is 9.90 Å². The summed E-state index contributed by atoms with van der Waals surface area (Å²) < 4.78 is 0. The number of hydrogen-bond acceptors (Lipinski definition) is 6. The van der Waals surface area contributed by atoms with Crippen LogP contribution in [0.1, 0.15) is 12.8 Å².